The van der Waals surface area contributed by atoms with Crippen LogP contribution in [0.15, 0.2) is 49.1 Å². The molecule has 0 aromatic rings. The van der Waals surface area contributed by atoms with Gasteiger partial charge in [0.25, 0.3) is 0 Å². The molecule has 0 rings (SSSR count). The SMILES string of the molecule is C=C/C=C\C(=C/C=C)CC.CC. The van der Waals surface area contributed by atoms with Gasteiger partial charge in [-0.15, -0.1) is 0 Å². The van der Waals surface area contributed by atoms with Crippen LogP contribution in [0.2, 0.25) is 0 Å². The van der Waals surface area contributed by atoms with Gasteiger partial charge in [0.15, 0.2) is 0 Å². The summed E-state index contributed by atoms with van der Waals surface area (Å²) in [4.78, 5) is 0. The lowest BCUT2D eigenvalue weighted by Gasteiger charge is -1.91. The zero-order chi connectivity index (χ0) is 9.82. The van der Waals surface area contributed by atoms with Crippen molar-refractivity contribution in [3.63, 3.8) is 0 Å². The van der Waals surface area contributed by atoms with E-state index in [0.29, 0.717) is 0 Å². The van der Waals surface area contributed by atoms with E-state index in [1.165, 1.54) is 5.57 Å². The van der Waals surface area contributed by atoms with Gasteiger partial charge >= 0.3 is 0 Å². The maximum Gasteiger partial charge on any atom is -0.0307 e. The van der Waals surface area contributed by atoms with E-state index in [9.17, 15) is 0 Å². The molecule has 0 heterocycles. The lowest BCUT2D eigenvalue weighted by Crippen LogP contribution is -1.70. The van der Waals surface area contributed by atoms with E-state index in [4.69, 9.17) is 0 Å². The van der Waals surface area contributed by atoms with Gasteiger partial charge in [-0.2, -0.15) is 0 Å². The summed E-state index contributed by atoms with van der Waals surface area (Å²) >= 11 is 0. The minimum Gasteiger partial charge on any atom is -0.0991 e. The van der Waals surface area contributed by atoms with Crippen molar-refractivity contribution >= 4 is 0 Å². The lowest BCUT2D eigenvalue weighted by molar-refractivity contribution is 1.15. The first kappa shape index (κ1) is 13.5. The summed E-state index contributed by atoms with van der Waals surface area (Å²) in [5, 5.41) is 0. The van der Waals surface area contributed by atoms with E-state index in [1.54, 1.807) is 12.2 Å². The maximum atomic E-state index is 3.62. The van der Waals surface area contributed by atoms with Crippen LogP contribution < -0.4 is 0 Å². The van der Waals surface area contributed by atoms with Crippen LogP contribution in [0.25, 0.3) is 0 Å². The molecule has 0 spiro atoms. The Morgan fingerprint density at radius 1 is 1.17 bits per heavy atom. The van der Waals surface area contributed by atoms with Crippen molar-refractivity contribution in [1.82, 2.24) is 0 Å². The Hall–Kier alpha value is -1.04. The van der Waals surface area contributed by atoms with Gasteiger partial charge in [-0.3, -0.25) is 0 Å². The van der Waals surface area contributed by atoms with Crippen molar-refractivity contribution in [2.75, 3.05) is 0 Å². The highest BCUT2D eigenvalue weighted by Crippen LogP contribution is 2.01. The number of hydrogen-bond donors (Lipinski definition) is 0. The number of hydrogen-bond acceptors (Lipinski definition) is 0. The van der Waals surface area contributed by atoms with Crippen LogP contribution >= 0.6 is 0 Å². The van der Waals surface area contributed by atoms with E-state index in [0.717, 1.165) is 6.42 Å². The lowest BCUT2D eigenvalue weighted by atomic mass is 10.2. The van der Waals surface area contributed by atoms with Gasteiger partial charge < -0.3 is 0 Å². The molecule has 0 N–H and O–H groups in total. The highest BCUT2D eigenvalue weighted by atomic mass is 13.9. The van der Waals surface area contributed by atoms with Crippen molar-refractivity contribution in [2.45, 2.75) is 27.2 Å². The van der Waals surface area contributed by atoms with Gasteiger partial charge in [0.1, 0.15) is 0 Å². The molecule has 0 radical (unpaired) electrons. The quantitative estimate of drug-likeness (QED) is 0.544. The highest BCUT2D eigenvalue weighted by Gasteiger charge is 1.81. The predicted molar refractivity (Wildman–Crippen MR) is 59.3 cm³/mol. The fraction of sp³-hybridized carbons (Fsp3) is 0.333. The van der Waals surface area contributed by atoms with Gasteiger partial charge in [-0.25, -0.2) is 0 Å². The molecule has 0 aliphatic rings. The molecule has 0 unspecified atom stereocenters. The average molecular weight is 164 g/mol. The van der Waals surface area contributed by atoms with Crippen molar-refractivity contribution in [3.05, 3.63) is 49.1 Å². The molecule has 0 saturated heterocycles. The van der Waals surface area contributed by atoms with E-state index < -0.39 is 0 Å². The van der Waals surface area contributed by atoms with Crippen LogP contribution in [0, 0.1) is 0 Å². The predicted octanol–water partition coefficient (Wildman–Crippen LogP) is 4.28. The average Bonchev–Trinajstić information content (AvgIpc) is 2.15. The van der Waals surface area contributed by atoms with Crippen molar-refractivity contribution in [3.8, 4) is 0 Å². The Kier molecular flexibility index (Phi) is 14.2. The smallest absolute Gasteiger partial charge is 0.0307 e. The summed E-state index contributed by atoms with van der Waals surface area (Å²) in [6, 6.07) is 0. The van der Waals surface area contributed by atoms with E-state index in [2.05, 4.69) is 20.1 Å². The van der Waals surface area contributed by atoms with Crippen molar-refractivity contribution in [2.24, 2.45) is 0 Å². The van der Waals surface area contributed by atoms with E-state index in [1.807, 2.05) is 32.1 Å². The van der Waals surface area contributed by atoms with Crippen LogP contribution in [-0.2, 0) is 0 Å². The molecule has 0 atom stereocenters. The highest BCUT2D eigenvalue weighted by molar-refractivity contribution is 5.24. The van der Waals surface area contributed by atoms with Crippen LogP contribution in [0.5, 0.6) is 0 Å². The molecule has 68 valence electrons. The number of rotatable bonds is 4. The standard InChI is InChI=1S/C10H14.C2H6/c1-4-7-9-10(6-3)8-5-2;1-2/h4-5,7-9H,1-2,6H2,3H3;1-2H3/b9-7-,10-8-;. The van der Waals surface area contributed by atoms with Crippen LogP contribution in [0.3, 0.4) is 0 Å². The minimum absolute atomic E-state index is 1.04. The fourth-order valence-corrected chi connectivity index (χ4v) is 0.634. The summed E-state index contributed by atoms with van der Waals surface area (Å²) < 4.78 is 0. The minimum atomic E-state index is 1.04. The fourth-order valence-electron chi connectivity index (χ4n) is 0.634. The van der Waals surface area contributed by atoms with Crippen molar-refractivity contribution < 1.29 is 0 Å². The molecule has 0 aromatic heterocycles. The molecule has 0 saturated carbocycles. The Morgan fingerprint density at radius 2 is 1.75 bits per heavy atom. The molecule has 0 amide bonds. The molecule has 0 fully saturated rings. The third-order valence-electron chi connectivity index (χ3n) is 1.19. The second-order valence-corrected chi connectivity index (χ2v) is 1.93. The second kappa shape index (κ2) is 12.6. The summed E-state index contributed by atoms with van der Waals surface area (Å²) in [5.41, 5.74) is 1.27. The summed E-state index contributed by atoms with van der Waals surface area (Å²) in [6.45, 7) is 13.3. The molecule has 0 aromatic carbocycles. The summed E-state index contributed by atoms with van der Waals surface area (Å²) in [7, 11) is 0. The molecular weight excluding hydrogens is 144 g/mol. The monoisotopic (exact) mass is 164 g/mol. The summed E-state index contributed by atoms with van der Waals surface area (Å²) in [6.07, 6.45) is 10.6. The van der Waals surface area contributed by atoms with Crippen LogP contribution in [-0.4, -0.2) is 0 Å². The normalized spacial score (nSPS) is 10.4. The maximum absolute atomic E-state index is 3.62. The van der Waals surface area contributed by atoms with Gasteiger partial charge in [-0.05, 0) is 12.0 Å². The largest absolute Gasteiger partial charge is 0.0991 e. The molecule has 0 bridgehead atoms. The van der Waals surface area contributed by atoms with Crippen molar-refractivity contribution in [1.29, 1.82) is 0 Å². The van der Waals surface area contributed by atoms with Crippen LogP contribution in [0.1, 0.15) is 27.2 Å². The Labute approximate surface area is 77.0 Å². The van der Waals surface area contributed by atoms with E-state index in [-0.39, 0.29) is 0 Å². The molecular formula is C12H20. The summed E-state index contributed by atoms with van der Waals surface area (Å²) in [5.74, 6) is 0. The number of allylic oxidation sites excluding steroid dienone is 6. The Bertz CT molecular complexity index is 159. The Morgan fingerprint density at radius 3 is 2.08 bits per heavy atom. The van der Waals surface area contributed by atoms with Gasteiger partial charge in [0.2, 0.25) is 0 Å². The first-order valence-corrected chi connectivity index (χ1v) is 4.45. The third kappa shape index (κ3) is 8.96. The van der Waals surface area contributed by atoms with Gasteiger partial charge in [0.05, 0.1) is 0 Å². The first-order valence-electron chi connectivity index (χ1n) is 4.45. The van der Waals surface area contributed by atoms with Crippen LogP contribution in [0.4, 0.5) is 0 Å². The Balaban J connectivity index is 0. The first-order chi connectivity index (χ1) is 5.85. The topological polar surface area (TPSA) is 0 Å². The van der Waals surface area contributed by atoms with Gasteiger partial charge in [0, 0.05) is 0 Å². The molecule has 0 heteroatoms. The van der Waals surface area contributed by atoms with Gasteiger partial charge in [-0.1, -0.05) is 64.3 Å². The van der Waals surface area contributed by atoms with E-state index >= 15 is 0 Å². The zero-order valence-corrected chi connectivity index (χ0v) is 8.51. The molecule has 0 aliphatic carbocycles. The third-order valence-corrected chi connectivity index (χ3v) is 1.19. The molecule has 0 aliphatic heterocycles. The zero-order valence-electron chi connectivity index (χ0n) is 8.51. The molecule has 12 heavy (non-hydrogen) atoms. The molecule has 0 nitrogen and oxygen atoms in total. The second-order valence-electron chi connectivity index (χ2n) is 1.93.